The summed E-state index contributed by atoms with van der Waals surface area (Å²) in [6.45, 7) is 10.6. The lowest BCUT2D eigenvalue weighted by molar-refractivity contribution is -0.121. The number of hydrogen-bond donors (Lipinski definition) is 0. The van der Waals surface area contributed by atoms with Crippen LogP contribution in [0.1, 0.15) is 41.0 Å². The van der Waals surface area contributed by atoms with Gasteiger partial charge in [-0.05, 0) is 37.7 Å². The number of hydrogen-bond acceptors (Lipinski definition) is 1. The highest BCUT2D eigenvalue weighted by atomic mass is 16.1. The van der Waals surface area contributed by atoms with E-state index in [1.54, 1.807) is 6.08 Å². The molecule has 0 N–H and O–H groups in total. The van der Waals surface area contributed by atoms with E-state index in [1.807, 2.05) is 13.0 Å². The molecule has 0 bridgehead atoms. The molecule has 0 heterocycles. The SMILES string of the molecule is C/C=C/C(=O)[C@H]1C(C)=CC[C@H](C)C1(C)C. The number of ketones is 1. The Kier molecular flexibility index (Phi) is 3.54. The Bertz CT molecular complexity index is 307. The number of allylic oxidation sites excluding steroid dienone is 4. The second-order valence-electron chi connectivity index (χ2n) is 5.24. The Balaban J connectivity index is 3.06. The molecule has 0 fully saturated rings. The Morgan fingerprint density at radius 3 is 2.67 bits per heavy atom. The van der Waals surface area contributed by atoms with E-state index in [4.69, 9.17) is 0 Å². The predicted octanol–water partition coefficient (Wildman–Crippen LogP) is 3.76. The summed E-state index contributed by atoms with van der Waals surface area (Å²) in [6, 6.07) is 0. The molecule has 1 nitrogen and oxygen atoms in total. The monoisotopic (exact) mass is 206 g/mol. The Morgan fingerprint density at radius 2 is 2.13 bits per heavy atom. The first-order chi connectivity index (χ1) is 6.91. The second-order valence-corrected chi connectivity index (χ2v) is 5.24. The first-order valence-corrected chi connectivity index (χ1v) is 5.74. The molecule has 1 aliphatic rings. The van der Waals surface area contributed by atoms with Gasteiger partial charge in [-0.2, -0.15) is 0 Å². The lowest BCUT2D eigenvalue weighted by Crippen LogP contribution is -2.38. The van der Waals surface area contributed by atoms with Gasteiger partial charge in [-0.3, -0.25) is 4.79 Å². The fourth-order valence-corrected chi connectivity index (χ4v) is 2.51. The van der Waals surface area contributed by atoms with E-state index in [0.717, 1.165) is 6.42 Å². The summed E-state index contributed by atoms with van der Waals surface area (Å²) in [6.07, 6.45) is 6.87. The minimum Gasteiger partial charge on any atom is -0.294 e. The average molecular weight is 206 g/mol. The van der Waals surface area contributed by atoms with Crippen molar-refractivity contribution in [2.75, 3.05) is 0 Å². The van der Waals surface area contributed by atoms with Gasteiger partial charge in [0.05, 0.1) is 0 Å². The van der Waals surface area contributed by atoms with Gasteiger partial charge in [0.25, 0.3) is 0 Å². The first kappa shape index (κ1) is 12.2. The lowest BCUT2D eigenvalue weighted by Gasteiger charge is -2.42. The van der Waals surface area contributed by atoms with Gasteiger partial charge < -0.3 is 0 Å². The molecule has 0 saturated heterocycles. The van der Waals surface area contributed by atoms with Crippen LogP contribution in [-0.2, 0) is 4.79 Å². The summed E-state index contributed by atoms with van der Waals surface area (Å²) < 4.78 is 0. The van der Waals surface area contributed by atoms with Crippen molar-refractivity contribution in [3.8, 4) is 0 Å². The normalized spacial score (nSPS) is 30.3. The van der Waals surface area contributed by atoms with Crippen LogP contribution in [0.25, 0.3) is 0 Å². The van der Waals surface area contributed by atoms with Crippen molar-refractivity contribution in [2.45, 2.75) is 41.0 Å². The first-order valence-electron chi connectivity index (χ1n) is 5.74. The Morgan fingerprint density at radius 1 is 1.53 bits per heavy atom. The van der Waals surface area contributed by atoms with Crippen molar-refractivity contribution < 1.29 is 4.79 Å². The van der Waals surface area contributed by atoms with Gasteiger partial charge in [0.15, 0.2) is 5.78 Å². The van der Waals surface area contributed by atoms with Crippen molar-refractivity contribution in [1.29, 1.82) is 0 Å². The molecule has 0 amide bonds. The van der Waals surface area contributed by atoms with Crippen molar-refractivity contribution in [3.05, 3.63) is 23.8 Å². The van der Waals surface area contributed by atoms with Gasteiger partial charge in [-0.15, -0.1) is 0 Å². The fourth-order valence-electron chi connectivity index (χ4n) is 2.51. The van der Waals surface area contributed by atoms with E-state index in [9.17, 15) is 4.79 Å². The van der Waals surface area contributed by atoms with E-state index in [0.29, 0.717) is 5.92 Å². The third-order valence-electron chi connectivity index (χ3n) is 3.88. The van der Waals surface area contributed by atoms with Gasteiger partial charge in [0, 0.05) is 5.92 Å². The molecule has 0 saturated carbocycles. The van der Waals surface area contributed by atoms with Crippen LogP contribution in [0.2, 0.25) is 0 Å². The summed E-state index contributed by atoms with van der Waals surface area (Å²) in [4.78, 5) is 12.0. The minimum absolute atomic E-state index is 0.0671. The molecule has 0 unspecified atom stereocenters. The molecule has 2 atom stereocenters. The molecule has 0 radical (unpaired) electrons. The minimum atomic E-state index is 0.0671. The van der Waals surface area contributed by atoms with Crippen LogP contribution in [-0.4, -0.2) is 5.78 Å². The number of rotatable bonds is 2. The molecule has 0 aromatic rings. The highest BCUT2D eigenvalue weighted by Gasteiger charge is 2.41. The van der Waals surface area contributed by atoms with Gasteiger partial charge in [-0.1, -0.05) is 38.5 Å². The molecule has 0 aliphatic heterocycles. The highest BCUT2D eigenvalue weighted by Crippen LogP contribution is 2.45. The number of carbonyl (C=O) groups is 1. The second kappa shape index (κ2) is 4.34. The molecular weight excluding hydrogens is 184 g/mol. The summed E-state index contributed by atoms with van der Waals surface area (Å²) >= 11 is 0. The van der Waals surface area contributed by atoms with E-state index < -0.39 is 0 Å². The van der Waals surface area contributed by atoms with E-state index in [2.05, 4.69) is 33.8 Å². The highest BCUT2D eigenvalue weighted by molar-refractivity contribution is 5.94. The van der Waals surface area contributed by atoms with Gasteiger partial charge in [0.1, 0.15) is 0 Å². The molecule has 1 heteroatoms. The molecule has 0 aromatic heterocycles. The molecule has 0 spiro atoms. The predicted molar refractivity (Wildman–Crippen MR) is 64.6 cm³/mol. The number of carbonyl (C=O) groups excluding carboxylic acids is 1. The van der Waals surface area contributed by atoms with Crippen LogP contribution in [0, 0.1) is 17.3 Å². The summed E-state index contributed by atoms with van der Waals surface area (Å²) in [5.74, 6) is 0.889. The quantitative estimate of drug-likeness (QED) is 0.496. The summed E-state index contributed by atoms with van der Waals surface area (Å²) in [7, 11) is 0. The third-order valence-corrected chi connectivity index (χ3v) is 3.88. The summed E-state index contributed by atoms with van der Waals surface area (Å²) in [5.41, 5.74) is 1.32. The van der Waals surface area contributed by atoms with Crippen LogP contribution in [0.5, 0.6) is 0 Å². The zero-order chi connectivity index (χ0) is 11.6. The summed E-state index contributed by atoms with van der Waals surface area (Å²) in [5, 5.41) is 0. The zero-order valence-electron chi connectivity index (χ0n) is 10.5. The van der Waals surface area contributed by atoms with Crippen LogP contribution < -0.4 is 0 Å². The lowest BCUT2D eigenvalue weighted by atomic mass is 9.61. The molecule has 84 valence electrons. The maximum atomic E-state index is 12.0. The fraction of sp³-hybridized carbons (Fsp3) is 0.643. The maximum absolute atomic E-state index is 12.0. The van der Waals surface area contributed by atoms with E-state index in [-0.39, 0.29) is 17.1 Å². The standard InChI is InChI=1S/C14H22O/c1-6-7-12(15)13-10(2)8-9-11(3)14(13,4)5/h6-8,11,13H,9H2,1-5H3/b7-6+/t11-,13+/m0/s1. The van der Waals surface area contributed by atoms with Crippen LogP contribution >= 0.6 is 0 Å². The Labute approximate surface area is 93.3 Å². The van der Waals surface area contributed by atoms with Gasteiger partial charge >= 0.3 is 0 Å². The van der Waals surface area contributed by atoms with Crippen molar-refractivity contribution in [2.24, 2.45) is 17.3 Å². The Hall–Kier alpha value is -0.850. The molecule has 0 aromatic carbocycles. The maximum Gasteiger partial charge on any atom is 0.162 e. The topological polar surface area (TPSA) is 17.1 Å². The third kappa shape index (κ3) is 2.22. The molecule has 15 heavy (non-hydrogen) atoms. The zero-order valence-corrected chi connectivity index (χ0v) is 10.5. The molecule has 1 aliphatic carbocycles. The largest absolute Gasteiger partial charge is 0.294 e. The average Bonchev–Trinajstić information content (AvgIpc) is 2.12. The van der Waals surface area contributed by atoms with E-state index in [1.165, 1.54) is 5.57 Å². The van der Waals surface area contributed by atoms with Crippen LogP contribution in [0.4, 0.5) is 0 Å². The molecule has 1 rings (SSSR count). The van der Waals surface area contributed by atoms with Crippen molar-refractivity contribution in [3.63, 3.8) is 0 Å². The van der Waals surface area contributed by atoms with Crippen molar-refractivity contribution >= 4 is 5.78 Å². The smallest absolute Gasteiger partial charge is 0.162 e. The van der Waals surface area contributed by atoms with Crippen LogP contribution in [0.3, 0.4) is 0 Å². The van der Waals surface area contributed by atoms with Gasteiger partial charge in [-0.25, -0.2) is 0 Å². The van der Waals surface area contributed by atoms with Gasteiger partial charge in [0.2, 0.25) is 0 Å². The van der Waals surface area contributed by atoms with Crippen LogP contribution in [0.15, 0.2) is 23.8 Å². The van der Waals surface area contributed by atoms with E-state index >= 15 is 0 Å². The molecular formula is C14H22O. The van der Waals surface area contributed by atoms with Crippen molar-refractivity contribution in [1.82, 2.24) is 0 Å².